The van der Waals surface area contributed by atoms with Gasteiger partial charge < -0.3 is 18.0 Å². The molecule has 1 aliphatic rings. The summed E-state index contributed by atoms with van der Waals surface area (Å²) in [6.07, 6.45) is -0.665. The number of rotatable bonds is 8. The maximum absolute atomic E-state index is 13.0. The molecule has 1 fully saturated rings. The summed E-state index contributed by atoms with van der Waals surface area (Å²) in [6.45, 7) is 33.5. The fourth-order valence-electron chi connectivity index (χ4n) is 3.50. The molecule has 1 aromatic heterocycles. The standard InChI is InChI=1S/C27H54N2O6Si3/c1-25(2,3)36(10,11)32-18-19-21(34-37(12,13)26(4,5)6)22(35-38(14,15)27(7,8)9)23(33-19)29-17-16-20(30)28-24(29)31/h16-17,19,21-23H,18H2,1-15H3,(H,28,30,31)/t19-,21?,22+,23-/m1/s1. The highest BCUT2D eigenvalue weighted by Crippen LogP contribution is 2.46. The van der Waals surface area contributed by atoms with Gasteiger partial charge in [0.1, 0.15) is 18.3 Å². The third-order valence-electron chi connectivity index (χ3n) is 9.30. The maximum Gasteiger partial charge on any atom is 0.330 e. The van der Waals surface area contributed by atoms with Crippen LogP contribution in [0, 0.1) is 0 Å². The fourth-order valence-corrected chi connectivity index (χ4v) is 7.12. The second kappa shape index (κ2) is 10.9. The Hall–Kier alpha value is -0.829. The van der Waals surface area contributed by atoms with Crippen LogP contribution in [0.1, 0.15) is 68.5 Å². The van der Waals surface area contributed by atoms with Crippen LogP contribution in [0.4, 0.5) is 0 Å². The van der Waals surface area contributed by atoms with Crippen LogP contribution in [0.25, 0.3) is 0 Å². The van der Waals surface area contributed by atoms with Gasteiger partial charge in [-0.1, -0.05) is 62.3 Å². The van der Waals surface area contributed by atoms with Crippen molar-refractivity contribution in [2.45, 2.75) is 141 Å². The van der Waals surface area contributed by atoms with E-state index in [0.717, 1.165) is 0 Å². The number of aromatic amines is 1. The molecular formula is C27H54N2O6Si3. The monoisotopic (exact) mass is 586 g/mol. The Morgan fingerprint density at radius 2 is 1.24 bits per heavy atom. The lowest BCUT2D eigenvalue weighted by Crippen LogP contribution is -2.54. The first-order valence-corrected chi connectivity index (χ1v) is 22.5. The SMILES string of the molecule is CC(C)(C)[Si](C)(C)OC[C@H]1O[C@@H](n2ccc(=O)[nH]c2=O)[C@@H](O[Si](C)(C)C(C)(C)C)C1O[Si](C)(C)C(C)(C)C. The number of aromatic nitrogens is 2. The molecule has 0 aromatic carbocycles. The third kappa shape index (κ3) is 7.27. The molecule has 0 bridgehead atoms. The average Bonchev–Trinajstić information content (AvgIpc) is 3.00. The fraction of sp³-hybridized carbons (Fsp3) is 0.852. The smallest absolute Gasteiger partial charge is 0.330 e. The average molecular weight is 587 g/mol. The molecule has 2 rings (SSSR count). The van der Waals surface area contributed by atoms with Gasteiger partial charge >= 0.3 is 5.69 Å². The molecule has 4 atom stereocenters. The van der Waals surface area contributed by atoms with E-state index in [1.165, 1.54) is 16.8 Å². The van der Waals surface area contributed by atoms with Crippen molar-refractivity contribution in [2.24, 2.45) is 0 Å². The van der Waals surface area contributed by atoms with Crippen LogP contribution >= 0.6 is 0 Å². The van der Waals surface area contributed by atoms with Crippen LogP contribution in [0.15, 0.2) is 21.9 Å². The van der Waals surface area contributed by atoms with E-state index in [1.54, 1.807) is 0 Å². The number of nitrogens with one attached hydrogen (secondary N) is 1. The van der Waals surface area contributed by atoms with Gasteiger partial charge in [0.05, 0.1) is 6.61 Å². The molecule has 0 aliphatic carbocycles. The molecule has 220 valence electrons. The number of nitrogens with zero attached hydrogens (tertiary/aromatic N) is 1. The van der Waals surface area contributed by atoms with E-state index in [9.17, 15) is 9.59 Å². The maximum atomic E-state index is 13.0. The summed E-state index contributed by atoms with van der Waals surface area (Å²) < 4.78 is 28.8. The molecule has 1 saturated heterocycles. The molecular weight excluding hydrogens is 533 g/mol. The summed E-state index contributed by atoms with van der Waals surface area (Å²) in [4.78, 5) is 27.2. The quantitative estimate of drug-likeness (QED) is 0.363. The topological polar surface area (TPSA) is 91.8 Å². The highest BCUT2D eigenvalue weighted by Gasteiger charge is 2.55. The minimum Gasteiger partial charge on any atom is -0.414 e. The summed E-state index contributed by atoms with van der Waals surface area (Å²) in [6, 6.07) is 1.34. The molecule has 0 amide bonds. The predicted molar refractivity (Wildman–Crippen MR) is 163 cm³/mol. The Morgan fingerprint density at radius 1 is 0.789 bits per heavy atom. The van der Waals surface area contributed by atoms with Gasteiger partial charge in [-0.3, -0.25) is 14.3 Å². The van der Waals surface area contributed by atoms with Crippen LogP contribution in [0.2, 0.25) is 54.4 Å². The van der Waals surface area contributed by atoms with E-state index in [2.05, 4.69) is 107 Å². The summed E-state index contributed by atoms with van der Waals surface area (Å²) in [5, 5.41) is -0.0648. The van der Waals surface area contributed by atoms with Gasteiger partial charge in [0.15, 0.2) is 31.2 Å². The molecule has 1 unspecified atom stereocenters. The Kier molecular flexibility index (Phi) is 9.54. The van der Waals surface area contributed by atoms with Crippen molar-refractivity contribution in [3.63, 3.8) is 0 Å². The lowest BCUT2D eigenvalue weighted by Gasteiger charge is -2.44. The van der Waals surface area contributed by atoms with E-state index in [0.29, 0.717) is 6.61 Å². The van der Waals surface area contributed by atoms with Gasteiger partial charge in [-0.15, -0.1) is 0 Å². The van der Waals surface area contributed by atoms with Crippen LogP contribution < -0.4 is 11.2 Å². The zero-order chi connectivity index (χ0) is 29.7. The molecule has 38 heavy (non-hydrogen) atoms. The minimum absolute atomic E-state index is 0.0354. The van der Waals surface area contributed by atoms with E-state index in [-0.39, 0.29) is 15.1 Å². The molecule has 1 N–H and O–H groups in total. The van der Waals surface area contributed by atoms with Crippen molar-refractivity contribution in [3.05, 3.63) is 33.1 Å². The second-order valence-corrected chi connectivity index (χ2v) is 29.7. The molecule has 1 aliphatic heterocycles. The summed E-state index contributed by atoms with van der Waals surface area (Å²) >= 11 is 0. The Labute approximate surface area is 233 Å². The van der Waals surface area contributed by atoms with Crippen LogP contribution in [0.3, 0.4) is 0 Å². The first-order valence-electron chi connectivity index (χ1n) is 13.8. The van der Waals surface area contributed by atoms with Crippen molar-refractivity contribution >= 4 is 25.0 Å². The molecule has 11 heteroatoms. The Morgan fingerprint density at radius 3 is 1.66 bits per heavy atom. The molecule has 0 spiro atoms. The highest BCUT2D eigenvalue weighted by atomic mass is 28.4. The van der Waals surface area contributed by atoms with Gasteiger partial charge in [-0.2, -0.15) is 0 Å². The number of hydrogen-bond donors (Lipinski definition) is 1. The van der Waals surface area contributed by atoms with Crippen molar-refractivity contribution in [1.29, 1.82) is 0 Å². The van der Waals surface area contributed by atoms with Gasteiger partial charge in [0.2, 0.25) is 0 Å². The molecule has 8 nitrogen and oxygen atoms in total. The van der Waals surface area contributed by atoms with Crippen molar-refractivity contribution in [3.8, 4) is 0 Å². The Bertz CT molecular complexity index is 1080. The molecule has 0 radical (unpaired) electrons. The first kappa shape index (κ1) is 33.4. The van der Waals surface area contributed by atoms with Gasteiger partial charge in [-0.05, 0) is 54.4 Å². The van der Waals surface area contributed by atoms with Crippen LogP contribution in [-0.2, 0) is 18.0 Å². The van der Waals surface area contributed by atoms with Crippen LogP contribution in [0.5, 0.6) is 0 Å². The number of hydrogen-bond acceptors (Lipinski definition) is 6. The van der Waals surface area contributed by atoms with E-state index < -0.39 is 60.7 Å². The van der Waals surface area contributed by atoms with Crippen molar-refractivity contribution < 1.29 is 18.0 Å². The van der Waals surface area contributed by atoms with Gasteiger partial charge in [-0.25, -0.2) is 4.79 Å². The highest BCUT2D eigenvalue weighted by molar-refractivity contribution is 6.75. The lowest BCUT2D eigenvalue weighted by atomic mass is 10.1. The van der Waals surface area contributed by atoms with E-state index in [4.69, 9.17) is 18.0 Å². The third-order valence-corrected chi connectivity index (χ3v) is 22.7. The van der Waals surface area contributed by atoms with Gasteiger partial charge in [0, 0.05) is 12.3 Å². The van der Waals surface area contributed by atoms with E-state index >= 15 is 0 Å². The lowest BCUT2D eigenvalue weighted by molar-refractivity contribution is -0.0510. The minimum atomic E-state index is -2.32. The van der Waals surface area contributed by atoms with Crippen LogP contribution in [-0.4, -0.2) is 59.4 Å². The zero-order valence-corrected chi connectivity index (χ0v) is 29.6. The van der Waals surface area contributed by atoms with Gasteiger partial charge in [0.25, 0.3) is 5.56 Å². The summed E-state index contributed by atoms with van der Waals surface area (Å²) in [5.74, 6) is 0. The predicted octanol–water partition coefficient (Wildman–Crippen LogP) is 6.24. The molecule has 2 heterocycles. The molecule has 1 aromatic rings. The normalized spacial score (nSPS) is 24.2. The summed E-state index contributed by atoms with van der Waals surface area (Å²) in [5.41, 5.74) is -0.971. The molecule has 0 saturated carbocycles. The summed E-state index contributed by atoms with van der Waals surface area (Å²) in [7, 11) is -6.68. The van der Waals surface area contributed by atoms with E-state index in [1.807, 2.05) is 0 Å². The Balaban J connectivity index is 2.65. The first-order chi connectivity index (χ1) is 16.8. The van der Waals surface area contributed by atoms with Crippen molar-refractivity contribution in [2.75, 3.05) is 6.61 Å². The zero-order valence-electron chi connectivity index (χ0n) is 26.6. The van der Waals surface area contributed by atoms with Crippen molar-refractivity contribution in [1.82, 2.24) is 9.55 Å². The second-order valence-electron chi connectivity index (χ2n) is 15.3. The number of H-pyrrole nitrogens is 1. The largest absolute Gasteiger partial charge is 0.414 e. The number of ether oxygens (including phenoxy) is 1.